The number of esters is 1. The van der Waals surface area contributed by atoms with E-state index in [2.05, 4.69) is 22.8 Å². The van der Waals surface area contributed by atoms with Crippen LogP contribution in [0.1, 0.15) is 165 Å². The molecule has 0 bridgehead atoms. The van der Waals surface area contributed by atoms with Crippen molar-refractivity contribution < 1.29 is 72.3 Å². The van der Waals surface area contributed by atoms with Crippen LogP contribution in [-0.4, -0.2) is 162 Å². The normalized spacial score (nSPS) is 25.9. The van der Waals surface area contributed by atoms with Gasteiger partial charge in [-0.25, -0.2) is 29.5 Å². The number of para-hydroxylation sites is 4. The lowest BCUT2D eigenvalue weighted by Gasteiger charge is -2.29. The van der Waals surface area contributed by atoms with E-state index < -0.39 is 65.4 Å². The van der Waals surface area contributed by atoms with E-state index in [0.717, 1.165) is 117 Å². The number of nitrogens with one attached hydrogen (secondary N) is 2. The molecule has 4 aromatic carbocycles. The summed E-state index contributed by atoms with van der Waals surface area (Å²) in [5, 5.41) is 28.4. The maximum Gasteiger partial charge on any atom is 0.408 e. The number of nitrogens with zero attached hydrogens (tertiary/aromatic N) is 6. The minimum absolute atomic E-state index is 0.0641. The number of carbonyl (C=O) groups is 8. The molecule has 4 aliphatic carbocycles. The number of carboxylic acid groups (broad SMARTS) is 1. The molecular weight excluding hydrogens is 1500 g/mol. The van der Waals surface area contributed by atoms with Crippen molar-refractivity contribution in [3.05, 3.63) is 180 Å². The molecule has 10 atom stereocenters. The van der Waals surface area contributed by atoms with Crippen molar-refractivity contribution in [2.24, 2.45) is 22.7 Å². The average molecular weight is 1600 g/mol. The number of carboxylic acids is 1. The van der Waals surface area contributed by atoms with Gasteiger partial charge in [-0.1, -0.05) is 147 Å². The third-order valence-electron chi connectivity index (χ3n) is 23.6. The Labute approximate surface area is 678 Å². The summed E-state index contributed by atoms with van der Waals surface area (Å²) < 4.78 is 30.5. The highest BCUT2D eigenvalue weighted by Crippen LogP contribution is 2.59. The van der Waals surface area contributed by atoms with Crippen LogP contribution in [0.25, 0.3) is 43.2 Å². The summed E-state index contributed by atoms with van der Waals surface area (Å²) >= 11 is 3.03. The standard InChI is InChI=1S/C45H50N4O7S.C37H42N4O7S.C8H10O/c50-38-28-45(43(52)54-24-23-30-14-5-4-6-15-30)27-31(45)16-7-2-1-3-8-21-36(48-44(53)56-32-17-9-10-18-32)42(51)49-29-33(26-37(38)49)55-41-40(39-22-13-25-57-39)46-34-19-11-12-20-35(34)47-41;42-30-21-37(35(44)45)20-23(37)11-4-2-1-3-5-16-28(40-36(46)48-24-12-6-7-13-24)34(43)41-22-25(19-29(30)41)47-33-32(31-17-10-18-49-31)38-26-14-8-9-15-27(26)39-33;9-7-6-8-4-2-1-3-5-8/h4-7,11-16,19-20,22,25,31-33,36-37H,1-3,8-10,17-18,21,23-24,26-29H2,(H,48,53);4,8-11,14-15,17-18,23-25,28-29H,1-3,5-7,12-13,16,19-22H2,(H,40,46)(H,44,45);1-5,9H,6-7H2/b16-7-;11-4-;/t31?,33-,36+,37+,45-;23?,25-,28+,29+,37-;/m11./s1. The van der Waals surface area contributed by atoms with Crippen LogP contribution in [0.2, 0.25) is 0 Å². The number of ketones is 2. The predicted octanol–water partition coefficient (Wildman–Crippen LogP) is 15.6. The smallest absolute Gasteiger partial charge is 0.408 e. The Kier molecular flexibility index (Phi) is 27.2. The second-order valence-electron chi connectivity index (χ2n) is 31.7. The molecule has 8 aromatic rings. The van der Waals surface area contributed by atoms with Gasteiger partial charge in [0.1, 0.15) is 47.9 Å². The number of aliphatic hydroxyl groups is 1. The van der Waals surface area contributed by atoms with Crippen LogP contribution < -0.4 is 20.1 Å². The zero-order valence-electron chi connectivity index (χ0n) is 64.9. The SMILES string of the molecule is O=C(N[C@H]1CCCCC/C=C\C2C[C@@]2(C(=O)O)CC(=O)[C@@H]2C[C@@H](Oc3nc4ccccc4nc3-c3cccs3)CN2C1=O)OC1CCCC1.O=C(N[C@H]1CCCCC/C=C\C2C[C@@]2(C(=O)OCCc2ccccc2)CC(=O)[C@@H]2C[C@@H](Oc3nc4ccccc4nc3-c3cccs3)CN2C1=O)OC1CCCC1.OCCc1ccccc1. The van der Waals surface area contributed by atoms with Crippen molar-refractivity contribution in [1.29, 1.82) is 0 Å². The molecule has 16 rings (SSSR count). The fraction of sp³-hybridized carbons (Fsp3) is 0.467. The predicted molar refractivity (Wildman–Crippen MR) is 437 cm³/mol. The monoisotopic (exact) mass is 1600 g/mol. The number of Topliss-reactive ketones (excluding diaryl/α,β-unsaturated/α-hetero) is 2. The van der Waals surface area contributed by atoms with Crippen molar-refractivity contribution in [2.75, 3.05) is 26.3 Å². The Morgan fingerprint density at radius 1 is 0.478 bits per heavy atom. The van der Waals surface area contributed by atoms with Gasteiger partial charge in [-0.2, -0.15) is 0 Å². The Balaban J connectivity index is 0.000000173. The molecule has 4 aromatic heterocycles. The van der Waals surface area contributed by atoms with Gasteiger partial charge in [-0.3, -0.25) is 28.8 Å². The largest absolute Gasteiger partial charge is 0.481 e. The maximum atomic E-state index is 14.7. The first-order chi connectivity index (χ1) is 56.1. The van der Waals surface area contributed by atoms with Crippen LogP contribution >= 0.6 is 22.7 Å². The summed E-state index contributed by atoms with van der Waals surface area (Å²) in [4.78, 5) is 135. The van der Waals surface area contributed by atoms with Crippen LogP contribution in [0.3, 0.4) is 0 Å². The third-order valence-corrected chi connectivity index (χ3v) is 25.3. The van der Waals surface area contributed by atoms with Gasteiger partial charge in [-0.05, 0) is 179 Å². The molecule has 604 valence electrons. The Morgan fingerprint density at radius 3 is 1.34 bits per heavy atom. The van der Waals surface area contributed by atoms with Crippen LogP contribution in [0.5, 0.6) is 11.8 Å². The summed E-state index contributed by atoms with van der Waals surface area (Å²) in [6, 6.07) is 39.1. The summed E-state index contributed by atoms with van der Waals surface area (Å²) in [6.45, 7) is 0.626. The number of hydrogen-bond donors (Lipinski definition) is 4. The van der Waals surface area contributed by atoms with E-state index in [1.165, 1.54) is 33.1 Å². The highest BCUT2D eigenvalue weighted by molar-refractivity contribution is 7.13. The molecular formula is C90H102N8O15S2. The molecule has 2 saturated heterocycles. The van der Waals surface area contributed by atoms with E-state index in [4.69, 9.17) is 48.7 Å². The fourth-order valence-electron chi connectivity index (χ4n) is 17.0. The molecule has 0 radical (unpaired) electrons. The molecule has 0 spiro atoms. The fourth-order valence-corrected chi connectivity index (χ4v) is 18.4. The third kappa shape index (κ3) is 20.5. The van der Waals surface area contributed by atoms with Gasteiger partial charge in [0.05, 0.1) is 74.4 Å². The second kappa shape index (κ2) is 38.5. The molecule has 4 N–H and O–H groups in total. The summed E-state index contributed by atoms with van der Waals surface area (Å²) in [5.41, 5.74) is 3.99. The zero-order chi connectivity index (χ0) is 79.7. The quantitative estimate of drug-likeness (QED) is 0.0374. The molecule has 8 heterocycles. The van der Waals surface area contributed by atoms with E-state index in [1.54, 1.807) is 4.90 Å². The number of benzene rings is 4. The van der Waals surface area contributed by atoms with Crippen molar-refractivity contribution >= 4 is 92.2 Å². The minimum atomic E-state index is -1.18. The average Bonchev–Trinajstić information content (AvgIpc) is 1.58. The van der Waals surface area contributed by atoms with Crippen molar-refractivity contribution in [1.82, 2.24) is 40.4 Å². The van der Waals surface area contributed by atoms with E-state index in [1.807, 2.05) is 156 Å². The van der Waals surface area contributed by atoms with Gasteiger partial charge < -0.3 is 54.3 Å². The van der Waals surface area contributed by atoms with E-state index in [-0.39, 0.29) is 105 Å². The van der Waals surface area contributed by atoms with Crippen LogP contribution in [-0.2, 0) is 55.8 Å². The number of hydrogen-bond acceptors (Lipinski definition) is 20. The number of thiophene rings is 2. The molecule has 25 heteroatoms. The highest BCUT2D eigenvalue weighted by atomic mass is 32.1. The van der Waals surface area contributed by atoms with E-state index in [9.17, 15) is 43.5 Å². The highest BCUT2D eigenvalue weighted by Gasteiger charge is 2.63. The van der Waals surface area contributed by atoms with E-state index >= 15 is 0 Å². The molecule has 115 heavy (non-hydrogen) atoms. The number of fused-ring (bicyclic) bond motifs is 6. The van der Waals surface area contributed by atoms with Crippen molar-refractivity contribution in [2.45, 2.75) is 216 Å². The number of ether oxygens (including phenoxy) is 5. The summed E-state index contributed by atoms with van der Waals surface area (Å²) in [7, 11) is 0. The van der Waals surface area contributed by atoms with Gasteiger partial charge in [0.15, 0.2) is 11.6 Å². The second-order valence-corrected chi connectivity index (χ2v) is 33.6. The number of alkyl carbamates (subject to hydrolysis) is 2. The Morgan fingerprint density at radius 2 is 0.896 bits per heavy atom. The van der Waals surface area contributed by atoms with Gasteiger partial charge in [-0.15, -0.1) is 22.7 Å². The molecule has 2 unspecified atom stereocenters. The number of carbonyl (C=O) groups excluding carboxylic acids is 7. The number of aliphatic carboxylic acids is 1. The van der Waals surface area contributed by atoms with Gasteiger partial charge in [0.25, 0.3) is 0 Å². The molecule has 8 aliphatic rings. The lowest BCUT2D eigenvalue weighted by atomic mass is 9.91. The number of rotatable bonds is 17. The number of aromatic nitrogens is 4. The van der Waals surface area contributed by atoms with Gasteiger partial charge >= 0.3 is 24.1 Å². The Hall–Kier alpha value is -10.2. The van der Waals surface area contributed by atoms with Crippen molar-refractivity contribution in [3.63, 3.8) is 0 Å². The van der Waals surface area contributed by atoms with Crippen molar-refractivity contribution in [3.8, 4) is 32.9 Å². The molecule has 23 nitrogen and oxygen atoms in total. The number of allylic oxidation sites excluding steroid dienone is 4. The molecule has 4 aliphatic heterocycles. The number of amides is 4. The first kappa shape index (κ1) is 81.3. The van der Waals surface area contributed by atoms with Crippen LogP contribution in [0.15, 0.2) is 169 Å². The first-order valence-corrected chi connectivity index (χ1v) is 42.8. The molecule has 4 amide bonds. The molecule has 6 fully saturated rings. The lowest BCUT2D eigenvalue weighted by Crippen LogP contribution is -2.52. The van der Waals surface area contributed by atoms with Gasteiger partial charge in [0, 0.05) is 38.7 Å². The zero-order valence-corrected chi connectivity index (χ0v) is 66.5. The van der Waals surface area contributed by atoms with Crippen LogP contribution in [0.4, 0.5) is 9.59 Å². The summed E-state index contributed by atoms with van der Waals surface area (Å²) in [6.07, 6.45) is 22.2. The number of aliphatic hydroxyl groups excluding tert-OH is 1. The summed E-state index contributed by atoms with van der Waals surface area (Å²) in [5.74, 6) is -2.39. The van der Waals surface area contributed by atoms with Gasteiger partial charge in [0.2, 0.25) is 23.6 Å². The topological polar surface area (TPSA) is 305 Å². The lowest BCUT2D eigenvalue weighted by molar-refractivity contribution is -0.153. The Bertz CT molecular complexity index is 4750. The maximum absolute atomic E-state index is 14.7. The first-order valence-electron chi connectivity index (χ1n) is 41.1. The van der Waals surface area contributed by atoms with Crippen LogP contribution in [0, 0.1) is 22.7 Å². The molecule has 4 saturated carbocycles. The minimum Gasteiger partial charge on any atom is -0.481 e. The van der Waals surface area contributed by atoms with E-state index in [0.29, 0.717) is 84.6 Å².